The topological polar surface area (TPSA) is 34.1 Å². The molecule has 0 saturated heterocycles. The molecule has 0 N–H and O–H groups in total. The molecule has 0 aliphatic heterocycles. The van der Waals surface area contributed by atoms with Crippen molar-refractivity contribution in [1.82, 2.24) is 0 Å². The van der Waals surface area contributed by atoms with Crippen molar-refractivity contribution in [2.75, 3.05) is 0 Å². The lowest BCUT2D eigenvalue weighted by Gasteiger charge is -2.16. The Balaban J connectivity index is 1.84. The quantitative estimate of drug-likeness (QED) is 0.268. The van der Waals surface area contributed by atoms with Crippen LogP contribution in [0.5, 0.6) is 0 Å². The van der Waals surface area contributed by atoms with Crippen LogP contribution in [0, 0.1) is 39.3 Å². The second-order valence-electron chi connectivity index (χ2n) is 9.22. The van der Waals surface area contributed by atoms with Gasteiger partial charge in [-0.15, -0.1) is 0 Å². The Morgan fingerprint density at radius 3 is 1.34 bits per heavy atom. The summed E-state index contributed by atoms with van der Waals surface area (Å²) in [5.41, 5.74) is 6.70. The van der Waals surface area contributed by atoms with E-state index in [4.69, 9.17) is 0 Å². The first-order valence-electron chi connectivity index (χ1n) is 11.5. The van der Waals surface area contributed by atoms with Gasteiger partial charge in [0.2, 0.25) is 9.84 Å². The van der Waals surface area contributed by atoms with Gasteiger partial charge in [-0.25, -0.2) is 17.2 Å². The normalized spacial score (nSPS) is 11.6. The lowest BCUT2D eigenvalue weighted by molar-refractivity contribution is 0.590. The van der Waals surface area contributed by atoms with Crippen molar-refractivity contribution in [3.05, 3.63) is 129 Å². The Hall–Kier alpha value is -3.31. The Bertz CT molecular complexity index is 1410. The van der Waals surface area contributed by atoms with Crippen molar-refractivity contribution < 1.29 is 17.2 Å². The largest absolute Gasteiger partial charge is 0.218 e. The van der Waals surface area contributed by atoms with E-state index in [9.17, 15) is 17.2 Å². The summed E-state index contributed by atoms with van der Waals surface area (Å²) in [6.07, 6.45) is 0.542. The molecule has 5 heteroatoms. The summed E-state index contributed by atoms with van der Waals surface area (Å²) in [6.45, 7) is 7.82. The summed E-state index contributed by atoms with van der Waals surface area (Å²) >= 11 is 0. The molecule has 0 aliphatic rings. The highest BCUT2D eigenvalue weighted by atomic mass is 32.2. The fraction of sp³-hybridized carbons (Fsp3) is 0.200. The van der Waals surface area contributed by atoms with Gasteiger partial charge in [0.15, 0.2) is 0 Å². The van der Waals surface area contributed by atoms with Crippen LogP contribution in [0.3, 0.4) is 0 Å². The predicted molar refractivity (Wildman–Crippen MR) is 136 cm³/mol. The molecule has 35 heavy (non-hydrogen) atoms. The number of benzene rings is 4. The highest BCUT2D eigenvalue weighted by Crippen LogP contribution is 2.31. The zero-order valence-electron chi connectivity index (χ0n) is 20.3. The van der Waals surface area contributed by atoms with Gasteiger partial charge >= 0.3 is 0 Å². The highest BCUT2D eigenvalue weighted by Gasteiger charge is 2.26. The molecule has 0 spiro atoms. The molecule has 2 nitrogen and oxygen atoms in total. The molecular formula is C30H28F2O2S. The van der Waals surface area contributed by atoms with Crippen molar-refractivity contribution >= 4 is 9.84 Å². The van der Waals surface area contributed by atoms with Crippen LogP contribution in [0.25, 0.3) is 0 Å². The smallest absolute Gasteiger partial charge is 0.207 e. The summed E-state index contributed by atoms with van der Waals surface area (Å²) in [7, 11) is -4.05. The van der Waals surface area contributed by atoms with E-state index in [-0.39, 0.29) is 22.6 Å². The molecule has 0 aromatic heterocycles. The van der Waals surface area contributed by atoms with Crippen molar-refractivity contribution in [3.63, 3.8) is 0 Å². The van der Waals surface area contributed by atoms with Crippen LogP contribution in [0.1, 0.15) is 44.5 Å². The molecule has 4 aromatic carbocycles. The van der Waals surface area contributed by atoms with Crippen LogP contribution < -0.4 is 0 Å². The molecule has 0 fully saturated rings. The van der Waals surface area contributed by atoms with Gasteiger partial charge in [0.1, 0.15) is 11.6 Å². The summed E-state index contributed by atoms with van der Waals surface area (Å²) < 4.78 is 56.4. The fourth-order valence-corrected chi connectivity index (χ4v) is 6.09. The van der Waals surface area contributed by atoms with Crippen LogP contribution in [0.15, 0.2) is 82.6 Å². The molecule has 0 aliphatic carbocycles. The Labute approximate surface area is 206 Å². The molecule has 0 unspecified atom stereocenters. The van der Waals surface area contributed by atoms with Gasteiger partial charge in [0.25, 0.3) is 0 Å². The maximum absolute atomic E-state index is 14.3. The van der Waals surface area contributed by atoms with E-state index in [1.54, 1.807) is 0 Å². The van der Waals surface area contributed by atoms with Gasteiger partial charge in [0.05, 0.1) is 9.79 Å². The van der Waals surface area contributed by atoms with Crippen LogP contribution in [-0.4, -0.2) is 8.42 Å². The van der Waals surface area contributed by atoms with Gasteiger partial charge in [-0.1, -0.05) is 47.5 Å². The van der Waals surface area contributed by atoms with Crippen molar-refractivity contribution in [2.24, 2.45) is 0 Å². The minimum Gasteiger partial charge on any atom is -0.218 e. The van der Waals surface area contributed by atoms with Gasteiger partial charge in [-0.3, -0.25) is 0 Å². The summed E-state index contributed by atoms with van der Waals surface area (Å²) in [5.74, 6) is -1.00. The van der Waals surface area contributed by atoms with Crippen LogP contribution in [0.2, 0.25) is 0 Å². The van der Waals surface area contributed by atoms with E-state index in [1.165, 1.54) is 24.3 Å². The molecule has 0 saturated carbocycles. The third-order valence-corrected chi connectivity index (χ3v) is 8.35. The van der Waals surface area contributed by atoms with Crippen molar-refractivity contribution in [3.8, 4) is 0 Å². The molecule has 0 bridgehead atoms. The molecule has 4 aromatic rings. The van der Waals surface area contributed by atoms with Crippen LogP contribution in [0.4, 0.5) is 8.78 Å². The zero-order chi connectivity index (χ0) is 25.3. The first-order chi connectivity index (χ1) is 16.5. The standard InChI is InChI=1S/C30H28F2O2S/c1-19-5-7-21(3)23(13-19)15-25-17-27(31)9-11-29(25)35(33,34)30-12-10-28(32)18-26(30)16-24-14-20(2)6-8-22(24)4/h5-14,17-18H,15-16H2,1-4H3. The number of halogens is 2. The van der Waals surface area contributed by atoms with Crippen molar-refractivity contribution in [1.29, 1.82) is 0 Å². The van der Waals surface area contributed by atoms with Gasteiger partial charge < -0.3 is 0 Å². The van der Waals surface area contributed by atoms with E-state index in [2.05, 4.69) is 0 Å². The van der Waals surface area contributed by atoms with Crippen LogP contribution in [-0.2, 0) is 22.7 Å². The zero-order valence-corrected chi connectivity index (χ0v) is 21.1. The molecule has 0 radical (unpaired) electrons. The van der Waals surface area contributed by atoms with Gasteiger partial charge in [0, 0.05) is 0 Å². The number of aryl methyl sites for hydroxylation is 4. The molecule has 4 rings (SSSR count). The molecular weight excluding hydrogens is 462 g/mol. The number of sulfone groups is 1. The third kappa shape index (κ3) is 5.35. The van der Waals surface area contributed by atoms with E-state index in [0.717, 1.165) is 45.5 Å². The molecule has 0 heterocycles. The second kappa shape index (κ2) is 9.74. The second-order valence-corrected chi connectivity index (χ2v) is 11.1. The Kier molecular flexibility index (Phi) is 6.91. The number of rotatable bonds is 6. The minimum absolute atomic E-state index is 0.0358. The monoisotopic (exact) mass is 490 g/mol. The molecule has 0 atom stereocenters. The lowest BCUT2D eigenvalue weighted by Crippen LogP contribution is -2.11. The first-order valence-corrected chi connectivity index (χ1v) is 13.0. The highest BCUT2D eigenvalue weighted by molar-refractivity contribution is 7.91. The third-order valence-electron chi connectivity index (χ3n) is 6.40. The van der Waals surface area contributed by atoms with Crippen LogP contribution >= 0.6 is 0 Å². The maximum Gasteiger partial charge on any atom is 0.207 e. The van der Waals surface area contributed by atoms with E-state index in [1.807, 2.05) is 64.1 Å². The van der Waals surface area contributed by atoms with E-state index < -0.39 is 21.5 Å². The maximum atomic E-state index is 14.3. The van der Waals surface area contributed by atoms with Gasteiger partial charge in [-0.05, 0) is 110 Å². The summed E-state index contributed by atoms with van der Waals surface area (Å²) in [6, 6.07) is 19.4. The van der Waals surface area contributed by atoms with Gasteiger partial charge in [-0.2, -0.15) is 0 Å². The summed E-state index contributed by atoms with van der Waals surface area (Å²) in [5, 5.41) is 0. The minimum atomic E-state index is -4.05. The number of hydrogen-bond acceptors (Lipinski definition) is 2. The SMILES string of the molecule is Cc1ccc(C)c(Cc2cc(F)ccc2S(=O)(=O)c2ccc(F)cc2Cc2cc(C)ccc2C)c1. The predicted octanol–water partition coefficient (Wildman–Crippen LogP) is 7.21. The Morgan fingerprint density at radius 2 is 0.943 bits per heavy atom. The van der Waals surface area contributed by atoms with E-state index >= 15 is 0 Å². The fourth-order valence-electron chi connectivity index (χ4n) is 4.41. The molecule has 0 amide bonds. The lowest BCUT2D eigenvalue weighted by atomic mass is 9.98. The Morgan fingerprint density at radius 1 is 0.543 bits per heavy atom. The summed E-state index contributed by atoms with van der Waals surface area (Å²) in [4.78, 5) is 0.0715. The average Bonchev–Trinajstić information content (AvgIpc) is 2.78. The van der Waals surface area contributed by atoms with Crippen molar-refractivity contribution in [2.45, 2.75) is 50.3 Å². The molecule has 180 valence electrons. The van der Waals surface area contributed by atoms with E-state index in [0.29, 0.717) is 11.1 Å². The first kappa shape index (κ1) is 24.8. The average molecular weight is 491 g/mol. The number of hydrogen-bond donors (Lipinski definition) is 0.